The molecule has 0 aliphatic carbocycles. The van der Waals surface area contributed by atoms with Gasteiger partial charge in [0.2, 0.25) is 0 Å². The summed E-state index contributed by atoms with van der Waals surface area (Å²) in [6.45, 7) is 0. The molecule has 0 bridgehead atoms. The van der Waals surface area contributed by atoms with Gasteiger partial charge in [-0.05, 0) is 41.5 Å². The van der Waals surface area contributed by atoms with Gasteiger partial charge >= 0.3 is 5.97 Å². The fraction of sp³-hybridized carbons (Fsp3) is 0.0625. The van der Waals surface area contributed by atoms with Gasteiger partial charge < -0.3 is 9.84 Å². The third-order valence-electron chi connectivity index (χ3n) is 3.05. The van der Waals surface area contributed by atoms with Crippen LogP contribution in [-0.2, 0) is 4.79 Å². The zero-order chi connectivity index (χ0) is 16.1. The number of carboxylic acids is 1. The Hall–Kier alpha value is -3.15. The maximum atomic E-state index is 11.4. The normalized spacial score (nSPS) is 11.0. The van der Waals surface area contributed by atoms with E-state index in [1.807, 2.05) is 0 Å². The van der Waals surface area contributed by atoms with E-state index in [2.05, 4.69) is 0 Å². The molecule has 0 saturated carbocycles. The van der Waals surface area contributed by atoms with Crippen LogP contribution in [-0.4, -0.2) is 23.1 Å². The molecule has 112 valence electrons. The number of non-ortho nitro benzene ring substituents is 1. The van der Waals surface area contributed by atoms with Crippen molar-refractivity contribution in [1.82, 2.24) is 0 Å². The van der Waals surface area contributed by atoms with Crippen LogP contribution in [0.4, 0.5) is 5.69 Å². The van der Waals surface area contributed by atoms with Gasteiger partial charge in [0.15, 0.2) is 0 Å². The predicted molar refractivity (Wildman–Crippen MR) is 81.6 cm³/mol. The Morgan fingerprint density at radius 3 is 2.18 bits per heavy atom. The first kappa shape index (κ1) is 15.2. The Balaban J connectivity index is 2.37. The quantitative estimate of drug-likeness (QED) is 0.396. The Kier molecular flexibility index (Phi) is 4.53. The number of nitro groups is 1. The molecule has 0 fully saturated rings. The highest BCUT2D eigenvalue weighted by molar-refractivity contribution is 6.20. The molecule has 0 aliphatic heterocycles. The van der Waals surface area contributed by atoms with Gasteiger partial charge in [0, 0.05) is 12.1 Å². The largest absolute Gasteiger partial charge is 0.497 e. The molecule has 6 heteroatoms. The molecule has 0 spiro atoms. The summed E-state index contributed by atoms with van der Waals surface area (Å²) < 4.78 is 5.03. The summed E-state index contributed by atoms with van der Waals surface area (Å²) in [5.41, 5.74) is 1.14. The number of hydrogen-bond donors (Lipinski definition) is 1. The highest BCUT2D eigenvalue weighted by atomic mass is 16.6. The Morgan fingerprint density at radius 1 is 1.14 bits per heavy atom. The number of rotatable bonds is 5. The Morgan fingerprint density at radius 2 is 1.73 bits per heavy atom. The van der Waals surface area contributed by atoms with Crippen LogP contribution in [0.15, 0.2) is 48.5 Å². The maximum absolute atomic E-state index is 11.4. The number of hydrogen-bond acceptors (Lipinski definition) is 4. The van der Waals surface area contributed by atoms with E-state index >= 15 is 0 Å². The standard InChI is InChI=1S/C16H13NO5/c1-22-14-8-4-12(5-9-14)15(16(18)19)10-11-2-6-13(7-3-11)17(20)21/h2-10H,1H3,(H,18,19)/b15-10+. The van der Waals surface area contributed by atoms with Gasteiger partial charge in [-0.25, -0.2) is 4.79 Å². The van der Waals surface area contributed by atoms with Crippen LogP contribution >= 0.6 is 0 Å². The van der Waals surface area contributed by atoms with Crippen LogP contribution < -0.4 is 4.74 Å². The van der Waals surface area contributed by atoms with Crippen LogP contribution in [0.5, 0.6) is 5.75 Å². The number of ether oxygens (including phenoxy) is 1. The number of benzene rings is 2. The Labute approximate surface area is 126 Å². The summed E-state index contributed by atoms with van der Waals surface area (Å²) >= 11 is 0. The smallest absolute Gasteiger partial charge is 0.336 e. The van der Waals surface area contributed by atoms with E-state index in [4.69, 9.17) is 4.74 Å². The SMILES string of the molecule is COc1ccc(/C(=C\c2ccc([N+](=O)[O-])cc2)C(=O)O)cc1. The van der Waals surface area contributed by atoms with Gasteiger partial charge in [0.1, 0.15) is 5.75 Å². The molecular weight excluding hydrogens is 286 g/mol. The van der Waals surface area contributed by atoms with E-state index < -0.39 is 10.9 Å². The molecule has 0 aliphatic rings. The number of carbonyl (C=O) groups is 1. The first-order valence-electron chi connectivity index (χ1n) is 6.35. The molecule has 0 unspecified atom stereocenters. The van der Waals surface area contributed by atoms with Crippen molar-refractivity contribution in [1.29, 1.82) is 0 Å². The number of nitro benzene ring substituents is 1. The van der Waals surface area contributed by atoms with Gasteiger partial charge in [0.05, 0.1) is 17.6 Å². The van der Waals surface area contributed by atoms with Crippen molar-refractivity contribution in [3.63, 3.8) is 0 Å². The lowest BCUT2D eigenvalue weighted by Gasteiger charge is -2.05. The zero-order valence-electron chi connectivity index (χ0n) is 11.7. The van der Waals surface area contributed by atoms with Gasteiger partial charge in [-0.2, -0.15) is 0 Å². The average molecular weight is 299 g/mol. The summed E-state index contributed by atoms with van der Waals surface area (Å²) in [7, 11) is 1.53. The molecule has 6 nitrogen and oxygen atoms in total. The molecule has 0 heterocycles. The molecule has 22 heavy (non-hydrogen) atoms. The van der Waals surface area contributed by atoms with Gasteiger partial charge in [-0.1, -0.05) is 12.1 Å². The number of methoxy groups -OCH3 is 1. The van der Waals surface area contributed by atoms with Crippen molar-refractivity contribution in [3.8, 4) is 5.75 Å². The van der Waals surface area contributed by atoms with E-state index in [1.165, 1.54) is 37.5 Å². The second-order valence-electron chi connectivity index (χ2n) is 4.44. The Bertz CT molecular complexity index is 717. The summed E-state index contributed by atoms with van der Waals surface area (Å²) in [6, 6.07) is 12.3. The number of nitrogens with zero attached hydrogens (tertiary/aromatic N) is 1. The summed E-state index contributed by atoms with van der Waals surface area (Å²) in [5, 5.41) is 20.0. The molecular formula is C16H13NO5. The third kappa shape index (κ3) is 3.49. The lowest BCUT2D eigenvalue weighted by atomic mass is 10.0. The molecule has 0 aromatic heterocycles. The van der Waals surface area contributed by atoms with E-state index in [-0.39, 0.29) is 11.3 Å². The van der Waals surface area contributed by atoms with Gasteiger partial charge in [0.25, 0.3) is 5.69 Å². The average Bonchev–Trinajstić information content (AvgIpc) is 2.53. The molecule has 0 radical (unpaired) electrons. The lowest BCUT2D eigenvalue weighted by molar-refractivity contribution is -0.384. The lowest BCUT2D eigenvalue weighted by Crippen LogP contribution is -1.99. The van der Waals surface area contributed by atoms with Crippen LogP contribution in [0.25, 0.3) is 11.6 Å². The van der Waals surface area contributed by atoms with Gasteiger partial charge in [-0.15, -0.1) is 0 Å². The summed E-state index contributed by atoms with van der Waals surface area (Å²) in [4.78, 5) is 21.5. The second kappa shape index (κ2) is 6.53. The monoisotopic (exact) mass is 299 g/mol. The third-order valence-corrected chi connectivity index (χ3v) is 3.05. The second-order valence-corrected chi connectivity index (χ2v) is 4.44. The summed E-state index contributed by atoms with van der Waals surface area (Å²) in [6.07, 6.45) is 1.47. The topological polar surface area (TPSA) is 89.7 Å². The van der Waals surface area contributed by atoms with E-state index in [0.29, 0.717) is 16.9 Å². The fourth-order valence-electron chi connectivity index (χ4n) is 1.90. The van der Waals surface area contributed by atoms with Crippen molar-refractivity contribution in [2.45, 2.75) is 0 Å². The van der Waals surface area contributed by atoms with Gasteiger partial charge in [-0.3, -0.25) is 10.1 Å². The number of carboxylic acid groups (broad SMARTS) is 1. The highest BCUT2D eigenvalue weighted by Gasteiger charge is 2.11. The van der Waals surface area contributed by atoms with Crippen molar-refractivity contribution in [3.05, 3.63) is 69.8 Å². The van der Waals surface area contributed by atoms with E-state index in [1.54, 1.807) is 24.3 Å². The first-order valence-corrected chi connectivity index (χ1v) is 6.35. The first-order chi connectivity index (χ1) is 10.5. The highest BCUT2D eigenvalue weighted by Crippen LogP contribution is 2.22. The fourth-order valence-corrected chi connectivity index (χ4v) is 1.90. The zero-order valence-corrected chi connectivity index (χ0v) is 11.7. The van der Waals surface area contributed by atoms with Crippen molar-refractivity contribution < 1.29 is 19.6 Å². The predicted octanol–water partition coefficient (Wildman–Crippen LogP) is 3.23. The van der Waals surface area contributed by atoms with Crippen LogP contribution in [0.3, 0.4) is 0 Å². The number of aliphatic carboxylic acids is 1. The minimum atomic E-state index is -1.08. The van der Waals surface area contributed by atoms with Crippen molar-refractivity contribution in [2.24, 2.45) is 0 Å². The molecule has 2 aromatic carbocycles. The molecule has 2 rings (SSSR count). The maximum Gasteiger partial charge on any atom is 0.336 e. The van der Waals surface area contributed by atoms with Crippen LogP contribution in [0.1, 0.15) is 11.1 Å². The van der Waals surface area contributed by atoms with Crippen LogP contribution in [0, 0.1) is 10.1 Å². The molecule has 2 aromatic rings. The minimum Gasteiger partial charge on any atom is -0.497 e. The van der Waals surface area contributed by atoms with E-state index in [0.717, 1.165) is 0 Å². The minimum absolute atomic E-state index is 0.0431. The molecule has 0 atom stereocenters. The van der Waals surface area contributed by atoms with E-state index in [9.17, 15) is 20.0 Å². The van der Waals surface area contributed by atoms with Crippen molar-refractivity contribution >= 4 is 23.3 Å². The molecule has 1 N–H and O–H groups in total. The van der Waals surface area contributed by atoms with Crippen molar-refractivity contribution in [2.75, 3.05) is 7.11 Å². The molecule has 0 amide bonds. The summed E-state index contributed by atoms with van der Waals surface area (Å²) in [5.74, 6) is -0.452. The van der Waals surface area contributed by atoms with Crippen LogP contribution in [0.2, 0.25) is 0 Å². The molecule has 0 saturated heterocycles.